The van der Waals surface area contributed by atoms with Crippen LogP contribution in [0.5, 0.6) is 5.75 Å². The molecule has 0 aliphatic heterocycles. The van der Waals surface area contributed by atoms with Crippen LogP contribution in [0.1, 0.15) is 25.8 Å². The van der Waals surface area contributed by atoms with Gasteiger partial charge in [-0.2, -0.15) is 5.26 Å². The Labute approximate surface area is 108 Å². The zero-order chi connectivity index (χ0) is 13.4. The molecule has 0 saturated heterocycles. The molecule has 4 heteroatoms. The van der Waals surface area contributed by atoms with Crippen LogP contribution in [0.3, 0.4) is 0 Å². The van der Waals surface area contributed by atoms with E-state index in [1.165, 1.54) is 0 Å². The first kappa shape index (κ1) is 14.5. The Balaban J connectivity index is 2.65. The lowest BCUT2D eigenvalue weighted by Gasteiger charge is -2.23. The molecule has 0 amide bonds. The highest BCUT2D eigenvalue weighted by Crippen LogP contribution is 2.19. The third-order valence-electron chi connectivity index (χ3n) is 2.67. The number of aliphatic hydroxyl groups is 1. The topological polar surface area (TPSA) is 65.3 Å². The largest absolute Gasteiger partial charge is 0.490 e. The van der Waals surface area contributed by atoms with Gasteiger partial charge in [-0.05, 0) is 26.0 Å². The van der Waals surface area contributed by atoms with Crippen LogP contribution >= 0.6 is 0 Å². The zero-order valence-electron chi connectivity index (χ0n) is 10.9. The minimum atomic E-state index is -0.710. The van der Waals surface area contributed by atoms with Gasteiger partial charge < -0.3 is 9.84 Å². The summed E-state index contributed by atoms with van der Waals surface area (Å²) < 4.78 is 5.64. The Morgan fingerprint density at radius 1 is 1.44 bits per heavy atom. The summed E-state index contributed by atoms with van der Waals surface area (Å²) in [6, 6.07) is 9.51. The molecule has 1 aromatic carbocycles. The minimum absolute atomic E-state index is 0.0676. The fourth-order valence-electron chi connectivity index (χ4n) is 1.52. The van der Waals surface area contributed by atoms with Gasteiger partial charge in [0.05, 0.1) is 12.7 Å². The normalized spacial score (nSPS) is 13.7. The second kappa shape index (κ2) is 7.00. The fraction of sp³-hybridized carbons (Fsp3) is 0.500. The molecule has 98 valence electrons. The number of hydrogen-bond donors (Lipinski definition) is 2. The molecule has 1 aromatic rings. The van der Waals surface area contributed by atoms with Crippen LogP contribution < -0.4 is 10.1 Å². The van der Waals surface area contributed by atoms with Crippen molar-refractivity contribution >= 4 is 0 Å². The second-order valence-corrected chi connectivity index (χ2v) is 4.43. The zero-order valence-corrected chi connectivity index (χ0v) is 10.9. The summed E-state index contributed by atoms with van der Waals surface area (Å²) >= 11 is 0. The first-order chi connectivity index (χ1) is 8.65. The molecular weight excluding hydrogens is 228 g/mol. The highest BCUT2D eigenvalue weighted by molar-refractivity contribution is 5.32. The van der Waals surface area contributed by atoms with Gasteiger partial charge in [-0.25, -0.2) is 0 Å². The molecule has 1 atom stereocenters. The van der Waals surface area contributed by atoms with Crippen LogP contribution in [0.15, 0.2) is 24.3 Å². The van der Waals surface area contributed by atoms with E-state index in [4.69, 9.17) is 4.74 Å². The predicted molar refractivity (Wildman–Crippen MR) is 70.2 cm³/mol. The van der Waals surface area contributed by atoms with Crippen molar-refractivity contribution in [3.63, 3.8) is 0 Å². The van der Waals surface area contributed by atoms with E-state index < -0.39 is 5.54 Å². The lowest BCUT2D eigenvalue weighted by atomic mass is 10.1. The average Bonchev–Trinajstić information content (AvgIpc) is 2.43. The molecule has 0 fully saturated rings. The Kier molecular flexibility index (Phi) is 5.63. The fourth-order valence-corrected chi connectivity index (χ4v) is 1.52. The molecule has 1 unspecified atom stereocenters. The number of nitrogens with zero attached hydrogens (tertiary/aromatic N) is 1. The van der Waals surface area contributed by atoms with Crippen LogP contribution in [-0.2, 0) is 6.61 Å². The van der Waals surface area contributed by atoms with E-state index in [1.54, 1.807) is 12.1 Å². The van der Waals surface area contributed by atoms with Gasteiger partial charge in [0.25, 0.3) is 0 Å². The molecule has 0 saturated carbocycles. The maximum atomic E-state index is 9.19. The molecule has 0 aliphatic carbocycles. The van der Waals surface area contributed by atoms with Crippen molar-refractivity contribution in [2.75, 3.05) is 13.2 Å². The van der Waals surface area contributed by atoms with Crippen molar-refractivity contribution in [3.05, 3.63) is 29.8 Å². The number of benzene rings is 1. The summed E-state index contributed by atoms with van der Waals surface area (Å²) in [6.07, 6.45) is 0.963. The third kappa shape index (κ3) is 4.02. The van der Waals surface area contributed by atoms with Gasteiger partial charge >= 0.3 is 0 Å². The lowest BCUT2D eigenvalue weighted by Crippen LogP contribution is -2.46. The van der Waals surface area contributed by atoms with Gasteiger partial charge in [-0.1, -0.05) is 25.1 Å². The van der Waals surface area contributed by atoms with Crippen LogP contribution in [-0.4, -0.2) is 23.8 Å². The molecule has 4 nitrogen and oxygen atoms in total. The van der Waals surface area contributed by atoms with Gasteiger partial charge in [-0.15, -0.1) is 0 Å². The van der Waals surface area contributed by atoms with Crippen LogP contribution in [0, 0.1) is 11.3 Å². The Bertz CT molecular complexity index is 415. The molecule has 0 aliphatic rings. The standard InChI is InChI=1S/C14H20N2O2/c1-3-8-16-14(2,10-15)11-18-13-7-5-4-6-12(13)9-17/h4-7,16-17H,3,8-9,11H2,1-2H3. The van der Waals surface area contributed by atoms with Gasteiger partial charge in [-0.3, -0.25) is 5.32 Å². The predicted octanol–water partition coefficient (Wildman–Crippen LogP) is 1.84. The monoisotopic (exact) mass is 248 g/mol. The first-order valence-corrected chi connectivity index (χ1v) is 6.13. The van der Waals surface area contributed by atoms with Gasteiger partial charge in [0.2, 0.25) is 0 Å². The van der Waals surface area contributed by atoms with E-state index in [2.05, 4.69) is 11.4 Å². The van der Waals surface area contributed by atoms with E-state index in [-0.39, 0.29) is 13.2 Å². The SMILES string of the molecule is CCCNC(C)(C#N)COc1ccccc1CO. The van der Waals surface area contributed by atoms with Crippen molar-refractivity contribution in [1.29, 1.82) is 5.26 Å². The smallest absolute Gasteiger partial charge is 0.138 e. The summed E-state index contributed by atoms with van der Waals surface area (Å²) in [6.45, 7) is 4.81. The van der Waals surface area contributed by atoms with E-state index in [9.17, 15) is 10.4 Å². The minimum Gasteiger partial charge on any atom is -0.490 e. The molecular formula is C14H20N2O2. The molecule has 0 bridgehead atoms. The van der Waals surface area contributed by atoms with Crippen LogP contribution in [0.25, 0.3) is 0 Å². The van der Waals surface area contributed by atoms with E-state index in [0.717, 1.165) is 18.5 Å². The molecule has 0 aromatic heterocycles. The second-order valence-electron chi connectivity index (χ2n) is 4.43. The number of para-hydroxylation sites is 1. The summed E-state index contributed by atoms with van der Waals surface area (Å²) in [5.74, 6) is 0.625. The summed E-state index contributed by atoms with van der Waals surface area (Å²) in [4.78, 5) is 0. The number of nitrogens with one attached hydrogen (secondary N) is 1. The molecule has 0 spiro atoms. The highest BCUT2D eigenvalue weighted by Gasteiger charge is 2.24. The highest BCUT2D eigenvalue weighted by atomic mass is 16.5. The van der Waals surface area contributed by atoms with Crippen LogP contribution in [0.4, 0.5) is 0 Å². The van der Waals surface area contributed by atoms with Crippen molar-refractivity contribution in [1.82, 2.24) is 5.32 Å². The average molecular weight is 248 g/mol. The van der Waals surface area contributed by atoms with Crippen molar-refractivity contribution in [2.24, 2.45) is 0 Å². The number of nitriles is 1. The Hall–Kier alpha value is -1.57. The molecule has 0 heterocycles. The number of ether oxygens (including phenoxy) is 1. The maximum absolute atomic E-state index is 9.19. The Morgan fingerprint density at radius 2 is 2.17 bits per heavy atom. The Morgan fingerprint density at radius 3 is 2.78 bits per heavy atom. The first-order valence-electron chi connectivity index (χ1n) is 6.13. The third-order valence-corrected chi connectivity index (χ3v) is 2.67. The summed E-state index contributed by atoms with van der Waals surface area (Å²) in [5.41, 5.74) is 0.0201. The van der Waals surface area contributed by atoms with Crippen molar-refractivity contribution in [3.8, 4) is 11.8 Å². The molecule has 18 heavy (non-hydrogen) atoms. The molecule has 0 radical (unpaired) electrons. The quantitative estimate of drug-likeness (QED) is 0.772. The van der Waals surface area contributed by atoms with E-state index >= 15 is 0 Å². The lowest BCUT2D eigenvalue weighted by molar-refractivity contribution is 0.222. The van der Waals surface area contributed by atoms with E-state index in [0.29, 0.717) is 5.75 Å². The maximum Gasteiger partial charge on any atom is 0.138 e. The summed E-state index contributed by atoms with van der Waals surface area (Å²) in [5, 5.41) is 21.5. The van der Waals surface area contributed by atoms with Gasteiger partial charge in [0, 0.05) is 5.56 Å². The van der Waals surface area contributed by atoms with Gasteiger partial charge in [0.15, 0.2) is 0 Å². The molecule has 2 N–H and O–H groups in total. The number of rotatable bonds is 7. The van der Waals surface area contributed by atoms with E-state index in [1.807, 2.05) is 26.0 Å². The number of aliphatic hydroxyl groups excluding tert-OH is 1. The van der Waals surface area contributed by atoms with Crippen molar-refractivity contribution < 1.29 is 9.84 Å². The molecule has 1 rings (SSSR count). The van der Waals surface area contributed by atoms with Gasteiger partial charge in [0.1, 0.15) is 17.9 Å². The summed E-state index contributed by atoms with van der Waals surface area (Å²) in [7, 11) is 0. The van der Waals surface area contributed by atoms with Crippen LogP contribution in [0.2, 0.25) is 0 Å². The number of hydrogen-bond acceptors (Lipinski definition) is 4. The van der Waals surface area contributed by atoms with Crippen molar-refractivity contribution in [2.45, 2.75) is 32.4 Å².